The summed E-state index contributed by atoms with van der Waals surface area (Å²) in [5.41, 5.74) is -2.39. The van der Waals surface area contributed by atoms with Crippen molar-refractivity contribution in [2.24, 2.45) is 0 Å². The van der Waals surface area contributed by atoms with Crippen molar-refractivity contribution in [3.05, 3.63) is 60.7 Å². The highest BCUT2D eigenvalue weighted by Gasteiger charge is 2.25. The Morgan fingerprint density at radius 2 is 1.96 bits per heavy atom. The number of benzene rings is 1. The summed E-state index contributed by atoms with van der Waals surface area (Å²) in [6.45, 7) is -0.0994. The first-order valence-corrected chi connectivity index (χ1v) is 8.39. The molecule has 0 saturated carbocycles. The maximum Gasteiger partial charge on any atom is 0.333 e. The molecule has 2 aromatic rings. The molecule has 0 aliphatic carbocycles. The predicted molar refractivity (Wildman–Crippen MR) is 94.4 cm³/mol. The molecule has 0 spiro atoms. The quantitative estimate of drug-likeness (QED) is 0.537. The number of nitro benzene ring substituents is 1. The van der Waals surface area contributed by atoms with Crippen LogP contribution in [0.25, 0.3) is 0 Å². The van der Waals surface area contributed by atoms with E-state index >= 15 is 0 Å². The number of nitrogens with zero attached hydrogens (tertiary/aromatic N) is 3. The van der Waals surface area contributed by atoms with E-state index < -0.39 is 40.4 Å². The van der Waals surface area contributed by atoms with E-state index in [4.69, 9.17) is 14.2 Å². The Morgan fingerprint density at radius 1 is 1.29 bits per heavy atom. The van der Waals surface area contributed by atoms with Crippen LogP contribution in [0.3, 0.4) is 0 Å². The number of nitro groups is 1. The third-order valence-electron chi connectivity index (χ3n) is 4.48. The molecule has 11 heteroatoms. The van der Waals surface area contributed by atoms with Gasteiger partial charge in [0.25, 0.3) is 11.2 Å². The van der Waals surface area contributed by atoms with Crippen molar-refractivity contribution in [1.29, 1.82) is 0 Å². The largest absolute Gasteiger partial charge is 0.493 e. The number of hydrogen-bond acceptors (Lipinski definition) is 7. The van der Waals surface area contributed by atoms with Gasteiger partial charge in [0.05, 0.1) is 43.5 Å². The van der Waals surface area contributed by atoms with E-state index in [9.17, 15) is 24.1 Å². The Labute approximate surface area is 157 Å². The second kappa shape index (κ2) is 7.80. The molecule has 1 aliphatic heterocycles. The van der Waals surface area contributed by atoms with Crippen molar-refractivity contribution in [3.63, 3.8) is 0 Å². The van der Waals surface area contributed by atoms with Crippen molar-refractivity contribution in [2.45, 2.75) is 25.6 Å². The van der Waals surface area contributed by atoms with Gasteiger partial charge in [0.2, 0.25) is 5.82 Å². The molecule has 0 amide bonds. The minimum Gasteiger partial charge on any atom is -0.493 e. The molecule has 1 fully saturated rings. The van der Waals surface area contributed by atoms with Crippen molar-refractivity contribution in [2.75, 3.05) is 20.8 Å². The summed E-state index contributed by atoms with van der Waals surface area (Å²) in [7, 11) is 2.66. The summed E-state index contributed by atoms with van der Waals surface area (Å²) in [4.78, 5) is 35.7. The average Bonchev–Trinajstić information content (AvgIpc) is 3.21. The molecule has 1 aromatic heterocycles. The van der Waals surface area contributed by atoms with Gasteiger partial charge in [-0.1, -0.05) is 0 Å². The lowest BCUT2D eigenvalue weighted by Crippen LogP contribution is -2.42. The highest BCUT2D eigenvalue weighted by atomic mass is 19.1. The van der Waals surface area contributed by atoms with Crippen LogP contribution in [-0.4, -0.2) is 34.9 Å². The summed E-state index contributed by atoms with van der Waals surface area (Å²) in [6, 6.07) is 2.40. The number of halogens is 1. The summed E-state index contributed by atoms with van der Waals surface area (Å²) >= 11 is 0. The molecule has 0 bridgehead atoms. The fourth-order valence-electron chi connectivity index (χ4n) is 3.09. The van der Waals surface area contributed by atoms with Crippen molar-refractivity contribution in [1.82, 2.24) is 9.13 Å². The zero-order chi connectivity index (χ0) is 20.4. The van der Waals surface area contributed by atoms with E-state index in [0.717, 1.165) is 16.8 Å². The standard InChI is InChI=1S/C17H18FN3O7/c1-26-13-6-10(12(21(24)25)7-14(13)27-2)8-20-16(22)11(18)9-19(17(20)23)15-4-3-5-28-15/h6-7,9,15H,3-5,8H2,1-2H3. The van der Waals surface area contributed by atoms with Crippen LogP contribution in [0, 0.1) is 15.9 Å². The number of hydrogen-bond donors (Lipinski definition) is 0. The minimum absolute atomic E-state index is 0.00802. The van der Waals surface area contributed by atoms with Crippen LogP contribution in [-0.2, 0) is 11.3 Å². The monoisotopic (exact) mass is 395 g/mol. The van der Waals surface area contributed by atoms with Crippen LogP contribution in [0.4, 0.5) is 10.1 Å². The molecule has 1 atom stereocenters. The molecule has 150 valence electrons. The van der Waals surface area contributed by atoms with E-state index in [1.807, 2.05) is 0 Å². The Bertz CT molecular complexity index is 1020. The smallest absolute Gasteiger partial charge is 0.333 e. The SMILES string of the molecule is COc1cc(Cn2c(=O)c(F)cn(C3CCCO3)c2=O)c([N+](=O)[O-])cc1OC. The molecular formula is C17H18FN3O7. The number of aromatic nitrogens is 2. The fraction of sp³-hybridized carbons (Fsp3) is 0.412. The Balaban J connectivity index is 2.15. The molecule has 28 heavy (non-hydrogen) atoms. The first-order valence-electron chi connectivity index (χ1n) is 8.39. The normalized spacial score (nSPS) is 16.2. The predicted octanol–water partition coefficient (Wildman–Crippen LogP) is 1.43. The summed E-state index contributed by atoms with van der Waals surface area (Å²) in [5.74, 6) is -0.869. The highest BCUT2D eigenvalue weighted by Crippen LogP contribution is 2.34. The number of methoxy groups -OCH3 is 2. The zero-order valence-corrected chi connectivity index (χ0v) is 15.2. The number of ether oxygens (including phenoxy) is 3. The lowest BCUT2D eigenvalue weighted by molar-refractivity contribution is -0.385. The van der Waals surface area contributed by atoms with E-state index in [-0.39, 0.29) is 17.1 Å². The first-order chi connectivity index (χ1) is 13.4. The average molecular weight is 395 g/mol. The van der Waals surface area contributed by atoms with Gasteiger partial charge < -0.3 is 14.2 Å². The molecular weight excluding hydrogens is 377 g/mol. The molecule has 2 heterocycles. The third kappa shape index (κ3) is 3.48. The second-order valence-corrected chi connectivity index (χ2v) is 6.12. The molecule has 0 N–H and O–H groups in total. The van der Waals surface area contributed by atoms with Crippen LogP contribution < -0.4 is 20.7 Å². The van der Waals surface area contributed by atoms with Gasteiger partial charge in [-0.05, 0) is 18.9 Å². The van der Waals surface area contributed by atoms with Crippen LogP contribution in [0.5, 0.6) is 11.5 Å². The molecule has 1 aliphatic rings. The second-order valence-electron chi connectivity index (χ2n) is 6.12. The van der Waals surface area contributed by atoms with Crippen molar-refractivity contribution < 1.29 is 23.5 Å². The van der Waals surface area contributed by atoms with Crippen LogP contribution in [0.2, 0.25) is 0 Å². The van der Waals surface area contributed by atoms with E-state index in [1.165, 1.54) is 20.3 Å². The van der Waals surface area contributed by atoms with Gasteiger partial charge >= 0.3 is 5.69 Å². The summed E-state index contributed by atoms with van der Waals surface area (Å²) < 4.78 is 31.3. The van der Waals surface area contributed by atoms with Gasteiger partial charge in [0.15, 0.2) is 11.5 Å². The van der Waals surface area contributed by atoms with Crippen LogP contribution in [0.15, 0.2) is 27.9 Å². The topological polar surface area (TPSA) is 115 Å². The van der Waals surface area contributed by atoms with Gasteiger partial charge in [-0.3, -0.25) is 24.0 Å². The highest BCUT2D eigenvalue weighted by molar-refractivity contribution is 5.54. The van der Waals surface area contributed by atoms with Crippen LogP contribution in [0.1, 0.15) is 24.6 Å². The van der Waals surface area contributed by atoms with E-state index in [2.05, 4.69) is 0 Å². The third-order valence-corrected chi connectivity index (χ3v) is 4.48. The van der Waals surface area contributed by atoms with E-state index in [1.54, 1.807) is 0 Å². The van der Waals surface area contributed by atoms with Gasteiger partial charge in [-0.25, -0.2) is 4.79 Å². The summed E-state index contributed by atoms with van der Waals surface area (Å²) in [6.07, 6.45) is 1.31. The lowest BCUT2D eigenvalue weighted by atomic mass is 10.1. The molecule has 1 aromatic carbocycles. The summed E-state index contributed by atoms with van der Waals surface area (Å²) in [5, 5.41) is 11.4. The van der Waals surface area contributed by atoms with Crippen LogP contribution >= 0.6 is 0 Å². The zero-order valence-electron chi connectivity index (χ0n) is 15.2. The molecule has 1 saturated heterocycles. The van der Waals surface area contributed by atoms with E-state index in [0.29, 0.717) is 24.0 Å². The maximum atomic E-state index is 14.2. The van der Waals surface area contributed by atoms with Gasteiger partial charge in [-0.2, -0.15) is 4.39 Å². The minimum atomic E-state index is -1.18. The Morgan fingerprint density at radius 3 is 2.54 bits per heavy atom. The lowest BCUT2D eigenvalue weighted by Gasteiger charge is -2.16. The van der Waals surface area contributed by atoms with Gasteiger partial charge in [-0.15, -0.1) is 0 Å². The van der Waals surface area contributed by atoms with Gasteiger partial charge in [0.1, 0.15) is 6.23 Å². The Hall–Kier alpha value is -3.21. The molecule has 3 rings (SSSR count). The van der Waals surface area contributed by atoms with Gasteiger partial charge in [0, 0.05) is 6.61 Å². The maximum absolute atomic E-state index is 14.2. The van der Waals surface area contributed by atoms with Crippen molar-refractivity contribution in [3.8, 4) is 11.5 Å². The van der Waals surface area contributed by atoms with Crippen molar-refractivity contribution >= 4 is 5.69 Å². The molecule has 0 radical (unpaired) electrons. The fourth-order valence-corrected chi connectivity index (χ4v) is 3.09. The Kier molecular flexibility index (Phi) is 5.45. The first kappa shape index (κ1) is 19.5. The number of rotatable bonds is 6. The molecule has 1 unspecified atom stereocenters. The molecule has 10 nitrogen and oxygen atoms in total.